The number of nitrogens with zero attached hydrogens (tertiary/aromatic N) is 2. The third-order valence-electron chi connectivity index (χ3n) is 3.69. The summed E-state index contributed by atoms with van der Waals surface area (Å²) >= 11 is 0. The van der Waals surface area contributed by atoms with Gasteiger partial charge in [0.25, 0.3) is 0 Å². The lowest BCUT2D eigenvalue weighted by Gasteiger charge is -2.25. The van der Waals surface area contributed by atoms with Gasteiger partial charge >= 0.3 is 0 Å². The monoisotopic (exact) mass is 252 g/mol. The Kier molecular flexibility index (Phi) is 5.05. The Morgan fingerprint density at radius 1 is 1.22 bits per heavy atom. The third-order valence-corrected chi connectivity index (χ3v) is 3.69. The summed E-state index contributed by atoms with van der Waals surface area (Å²) in [4.78, 5) is 0. The molecule has 4 heteroatoms. The Bertz CT molecular complexity index is 371. The fraction of sp³-hybridized carbons (Fsp3) is 0.786. The molecule has 0 aromatic carbocycles. The molecule has 0 spiro atoms. The molecule has 3 N–H and O–H groups in total. The fourth-order valence-corrected chi connectivity index (χ4v) is 2.47. The zero-order valence-electron chi connectivity index (χ0n) is 12.6. The molecule has 1 aromatic heterocycles. The standard InChI is InChI=1S/C14H28N4/c1-7-18-14(13(15)11(6)17-18)16-8-12(9(2)3)10(4)5/h9-10,12,16H,7-8,15H2,1-6H3. The first-order valence-corrected chi connectivity index (χ1v) is 6.95. The number of hydrogen-bond acceptors (Lipinski definition) is 3. The van der Waals surface area contributed by atoms with Gasteiger partial charge in [0, 0.05) is 13.1 Å². The summed E-state index contributed by atoms with van der Waals surface area (Å²) in [5.41, 5.74) is 7.76. The number of nitrogens with one attached hydrogen (secondary N) is 1. The molecule has 0 aliphatic rings. The van der Waals surface area contributed by atoms with E-state index in [0.29, 0.717) is 17.8 Å². The molecule has 1 aromatic rings. The first kappa shape index (κ1) is 14.9. The van der Waals surface area contributed by atoms with E-state index in [1.807, 2.05) is 11.6 Å². The summed E-state index contributed by atoms with van der Waals surface area (Å²) in [6.07, 6.45) is 0. The maximum Gasteiger partial charge on any atom is 0.148 e. The molecule has 0 saturated heterocycles. The van der Waals surface area contributed by atoms with Crippen LogP contribution in [-0.4, -0.2) is 16.3 Å². The van der Waals surface area contributed by atoms with Crippen molar-refractivity contribution in [2.45, 2.75) is 48.1 Å². The second-order valence-corrected chi connectivity index (χ2v) is 5.70. The summed E-state index contributed by atoms with van der Waals surface area (Å²) in [6, 6.07) is 0. The lowest BCUT2D eigenvalue weighted by Crippen LogP contribution is -2.25. The van der Waals surface area contributed by atoms with E-state index in [2.05, 4.69) is 45.0 Å². The molecule has 0 amide bonds. The third kappa shape index (κ3) is 3.18. The average Bonchev–Trinajstić information content (AvgIpc) is 2.55. The van der Waals surface area contributed by atoms with Crippen molar-refractivity contribution < 1.29 is 0 Å². The highest BCUT2D eigenvalue weighted by molar-refractivity contribution is 5.64. The summed E-state index contributed by atoms with van der Waals surface area (Å²) < 4.78 is 1.95. The number of rotatable bonds is 6. The van der Waals surface area contributed by atoms with Gasteiger partial charge in [0.2, 0.25) is 0 Å². The highest BCUT2D eigenvalue weighted by Crippen LogP contribution is 2.25. The molecule has 18 heavy (non-hydrogen) atoms. The summed E-state index contributed by atoms with van der Waals surface area (Å²) in [6.45, 7) is 14.9. The van der Waals surface area contributed by atoms with Gasteiger partial charge in [0.15, 0.2) is 0 Å². The minimum Gasteiger partial charge on any atom is -0.394 e. The van der Waals surface area contributed by atoms with Crippen LogP contribution in [0.4, 0.5) is 11.5 Å². The van der Waals surface area contributed by atoms with Crippen molar-refractivity contribution in [1.29, 1.82) is 0 Å². The molecule has 0 unspecified atom stereocenters. The summed E-state index contributed by atoms with van der Waals surface area (Å²) in [7, 11) is 0. The van der Waals surface area contributed by atoms with Crippen LogP contribution in [-0.2, 0) is 6.54 Å². The predicted molar refractivity (Wildman–Crippen MR) is 78.7 cm³/mol. The minimum atomic E-state index is 0.643. The van der Waals surface area contributed by atoms with E-state index in [0.717, 1.165) is 30.3 Å². The van der Waals surface area contributed by atoms with Crippen molar-refractivity contribution in [3.63, 3.8) is 0 Å². The zero-order valence-corrected chi connectivity index (χ0v) is 12.6. The Hall–Kier alpha value is -1.19. The largest absolute Gasteiger partial charge is 0.394 e. The van der Waals surface area contributed by atoms with Crippen LogP contribution < -0.4 is 11.1 Å². The van der Waals surface area contributed by atoms with Gasteiger partial charge in [-0.1, -0.05) is 27.7 Å². The molecule has 4 nitrogen and oxygen atoms in total. The van der Waals surface area contributed by atoms with Crippen molar-refractivity contribution in [2.24, 2.45) is 17.8 Å². The number of nitrogens with two attached hydrogens (primary N) is 1. The molecular weight excluding hydrogens is 224 g/mol. The van der Waals surface area contributed by atoms with Crippen LogP contribution in [0.25, 0.3) is 0 Å². The number of aryl methyl sites for hydroxylation is 2. The molecule has 104 valence electrons. The Morgan fingerprint density at radius 3 is 2.22 bits per heavy atom. The van der Waals surface area contributed by atoms with Gasteiger partial charge in [0.1, 0.15) is 5.82 Å². The van der Waals surface area contributed by atoms with Crippen molar-refractivity contribution in [1.82, 2.24) is 9.78 Å². The number of anilines is 2. The molecule has 0 aliphatic carbocycles. The second-order valence-electron chi connectivity index (χ2n) is 5.70. The molecular formula is C14H28N4. The van der Waals surface area contributed by atoms with Crippen LogP contribution in [0.5, 0.6) is 0 Å². The maximum absolute atomic E-state index is 6.07. The van der Waals surface area contributed by atoms with E-state index in [-0.39, 0.29) is 0 Å². The Morgan fingerprint density at radius 2 is 1.78 bits per heavy atom. The zero-order chi connectivity index (χ0) is 13.9. The van der Waals surface area contributed by atoms with Crippen molar-refractivity contribution >= 4 is 11.5 Å². The quantitative estimate of drug-likeness (QED) is 0.818. The van der Waals surface area contributed by atoms with Crippen molar-refractivity contribution in [2.75, 3.05) is 17.6 Å². The SMILES string of the molecule is CCn1nc(C)c(N)c1NCC(C(C)C)C(C)C. The van der Waals surface area contributed by atoms with E-state index in [4.69, 9.17) is 5.73 Å². The normalized spacial score (nSPS) is 11.8. The number of nitrogen functional groups attached to an aromatic ring is 1. The number of hydrogen-bond donors (Lipinski definition) is 2. The highest BCUT2D eigenvalue weighted by Gasteiger charge is 2.19. The van der Waals surface area contributed by atoms with Gasteiger partial charge in [-0.15, -0.1) is 0 Å². The molecule has 0 saturated carbocycles. The summed E-state index contributed by atoms with van der Waals surface area (Å²) in [5, 5.41) is 7.92. The maximum atomic E-state index is 6.07. The molecule has 1 heterocycles. The molecule has 0 fully saturated rings. The molecule has 0 radical (unpaired) electrons. The van der Waals surface area contributed by atoms with Gasteiger partial charge in [0.05, 0.1) is 11.4 Å². The fourth-order valence-electron chi connectivity index (χ4n) is 2.47. The Labute approximate surface area is 111 Å². The van der Waals surface area contributed by atoms with E-state index in [9.17, 15) is 0 Å². The van der Waals surface area contributed by atoms with Gasteiger partial charge in [-0.25, -0.2) is 4.68 Å². The van der Waals surface area contributed by atoms with Crippen LogP contribution in [0.2, 0.25) is 0 Å². The smallest absolute Gasteiger partial charge is 0.148 e. The van der Waals surface area contributed by atoms with Crippen molar-refractivity contribution in [3.8, 4) is 0 Å². The van der Waals surface area contributed by atoms with Crippen LogP contribution in [0.15, 0.2) is 0 Å². The summed E-state index contributed by atoms with van der Waals surface area (Å²) in [5.74, 6) is 2.95. The van der Waals surface area contributed by atoms with Gasteiger partial charge in [-0.3, -0.25) is 0 Å². The molecule has 0 aliphatic heterocycles. The topological polar surface area (TPSA) is 55.9 Å². The predicted octanol–water partition coefficient (Wildman–Crippen LogP) is 3.13. The number of aromatic nitrogens is 2. The van der Waals surface area contributed by atoms with E-state index in [1.165, 1.54) is 0 Å². The minimum absolute atomic E-state index is 0.643. The molecule has 0 atom stereocenters. The van der Waals surface area contributed by atoms with Gasteiger partial charge < -0.3 is 11.1 Å². The van der Waals surface area contributed by atoms with Crippen LogP contribution in [0.3, 0.4) is 0 Å². The van der Waals surface area contributed by atoms with Crippen LogP contribution >= 0.6 is 0 Å². The van der Waals surface area contributed by atoms with Crippen LogP contribution in [0, 0.1) is 24.7 Å². The lowest BCUT2D eigenvalue weighted by molar-refractivity contribution is 0.304. The van der Waals surface area contributed by atoms with Gasteiger partial charge in [-0.2, -0.15) is 5.10 Å². The second kappa shape index (κ2) is 6.12. The van der Waals surface area contributed by atoms with E-state index < -0.39 is 0 Å². The average molecular weight is 252 g/mol. The van der Waals surface area contributed by atoms with E-state index >= 15 is 0 Å². The molecule has 0 bridgehead atoms. The van der Waals surface area contributed by atoms with Crippen LogP contribution in [0.1, 0.15) is 40.3 Å². The van der Waals surface area contributed by atoms with Crippen molar-refractivity contribution in [3.05, 3.63) is 5.69 Å². The van der Waals surface area contributed by atoms with Gasteiger partial charge in [-0.05, 0) is 31.6 Å². The first-order chi connectivity index (χ1) is 8.38. The Balaban J connectivity index is 2.79. The van der Waals surface area contributed by atoms with E-state index in [1.54, 1.807) is 0 Å². The lowest BCUT2D eigenvalue weighted by atomic mass is 9.85. The highest BCUT2D eigenvalue weighted by atomic mass is 15.3. The first-order valence-electron chi connectivity index (χ1n) is 6.95. The molecule has 1 rings (SSSR count).